The van der Waals surface area contributed by atoms with Gasteiger partial charge in [-0.15, -0.1) is 0 Å². The van der Waals surface area contributed by atoms with Gasteiger partial charge in [0, 0.05) is 30.1 Å². The van der Waals surface area contributed by atoms with Crippen LogP contribution in [-0.4, -0.2) is 29.0 Å². The van der Waals surface area contributed by atoms with Crippen molar-refractivity contribution in [3.05, 3.63) is 40.5 Å². The lowest BCUT2D eigenvalue weighted by Gasteiger charge is -2.21. The van der Waals surface area contributed by atoms with Crippen molar-refractivity contribution in [2.24, 2.45) is 11.7 Å². The smallest absolute Gasteiger partial charge is 0.134 e. The molecule has 0 spiro atoms. The van der Waals surface area contributed by atoms with Crippen LogP contribution < -0.4 is 5.73 Å². The largest absolute Gasteiger partial charge is 0.330 e. The molecule has 2 aromatic rings. The number of nitrogens with zero attached hydrogens (tertiary/aromatic N) is 2. The van der Waals surface area contributed by atoms with Crippen LogP contribution in [0.15, 0.2) is 24.3 Å². The van der Waals surface area contributed by atoms with Crippen LogP contribution in [0.5, 0.6) is 0 Å². The van der Waals surface area contributed by atoms with Gasteiger partial charge in [0.25, 0.3) is 0 Å². The van der Waals surface area contributed by atoms with E-state index in [-0.39, 0.29) is 0 Å². The molecule has 1 aliphatic heterocycles. The molecular formula is C17H22ClN3. The molecule has 0 bridgehead atoms. The highest BCUT2D eigenvalue weighted by molar-refractivity contribution is 6.30. The van der Waals surface area contributed by atoms with Crippen LogP contribution in [0.25, 0.3) is 10.9 Å². The second kappa shape index (κ2) is 5.91. The summed E-state index contributed by atoms with van der Waals surface area (Å²) in [5.74, 6) is 0.606. The van der Waals surface area contributed by atoms with Gasteiger partial charge >= 0.3 is 0 Å². The van der Waals surface area contributed by atoms with E-state index >= 15 is 0 Å². The number of hydrogen-bond acceptors (Lipinski definition) is 3. The first-order chi connectivity index (χ1) is 10.1. The molecule has 1 aromatic carbocycles. The minimum atomic E-state index is 0.559. The molecular weight excluding hydrogens is 282 g/mol. The molecule has 1 fully saturated rings. The van der Waals surface area contributed by atoms with Crippen LogP contribution in [0.2, 0.25) is 5.15 Å². The van der Waals surface area contributed by atoms with Gasteiger partial charge in [0.05, 0.1) is 5.52 Å². The summed E-state index contributed by atoms with van der Waals surface area (Å²) in [6.07, 6.45) is 1.17. The summed E-state index contributed by atoms with van der Waals surface area (Å²) < 4.78 is 0. The standard InChI is InChI=1S/C17H22ClN3/c1-11-3-4-14-7-15(17(18)20-16(14)5-11)10-21-9-13(8-19)6-12(21)2/h3-5,7,12-13H,6,8-10,19H2,1-2H3. The van der Waals surface area contributed by atoms with Crippen LogP contribution in [0.4, 0.5) is 0 Å². The number of likely N-dealkylation sites (tertiary alicyclic amines) is 1. The molecule has 2 unspecified atom stereocenters. The molecule has 112 valence electrons. The summed E-state index contributed by atoms with van der Waals surface area (Å²) in [7, 11) is 0. The molecule has 4 heteroatoms. The molecule has 1 aliphatic rings. The second-order valence-electron chi connectivity index (χ2n) is 6.25. The van der Waals surface area contributed by atoms with Crippen molar-refractivity contribution in [3.63, 3.8) is 0 Å². The Balaban J connectivity index is 1.87. The lowest BCUT2D eigenvalue weighted by molar-refractivity contribution is 0.256. The molecule has 2 heterocycles. The zero-order valence-electron chi connectivity index (χ0n) is 12.6. The lowest BCUT2D eigenvalue weighted by Crippen LogP contribution is -2.27. The first kappa shape index (κ1) is 14.8. The van der Waals surface area contributed by atoms with Crippen molar-refractivity contribution in [1.82, 2.24) is 9.88 Å². The number of aromatic nitrogens is 1. The van der Waals surface area contributed by atoms with Crippen molar-refractivity contribution < 1.29 is 0 Å². The van der Waals surface area contributed by atoms with Crippen molar-refractivity contribution in [3.8, 4) is 0 Å². The molecule has 2 atom stereocenters. The number of halogens is 1. The quantitative estimate of drug-likeness (QED) is 0.884. The van der Waals surface area contributed by atoms with Gasteiger partial charge in [0.15, 0.2) is 0 Å². The van der Waals surface area contributed by atoms with Gasteiger partial charge < -0.3 is 5.73 Å². The van der Waals surface area contributed by atoms with E-state index in [1.807, 2.05) is 0 Å². The molecule has 1 saturated heterocycles. The highest BCUT2D eigenvalue weighted by atomic mass is 35.5. The highest BCUT2D eigenvalue weighted by Gasteiger charge is 2.28. The van der Waals surface area contributed by atoms with E-state index < -0.39 is 0 Å². The third-order valence-electron chi connectivity index (χ3n) is 4.50. The first-order valence-corrected chi connectivity index (χ1v) is 7.94. The maximum Gasteiger partial charge on any atom is 0.134 e. The van der Waals surface area contributed by atoms with E-state index in [4.69, 9.17) is 17.3 Å². The SMILES string of the molecule is Cc1ccc2cc(CN3CC(CN)CC3C)c(Cl)nc2c1. The van der Waals surface area contributed by atoms with E-state index in [0.717, 1.165) is 36.1 Å². The van der Waals surface area contributed by atoms with E-state index in [2.05, 4.69) is 48.0 Å². The minimum absolute atomic E-state index is 0.559. The highest BCUT2D eigenvalue weighted by Crippen LogP contribution is 2.28. The van der Waals surface area contributed by atoms with Crippen LogP contribution in [0.1, 0.15) is 24.5 Å². The van der Waals surface area contributed by atoms with Gasteiger partial charge in [-0.25, -0.2) is 4.98 Å². The Bertz CT molecular complexity index is 656. The van der Waals surface area contributed by atoms with Gasteiger partial charge in [-0.1, -0.05) is 23.7 Å². The molecule has 1 aromatic heterocycles. The van der Waals surface area contributed by atoms with Crippen LogP contribution in [-0.2, 0) is 6.54 Å². The minimum Gasteiger partial charge on any atom is -0.330 e. The van der Waals surface area contributed by atoms with Gasteiger partial charge in [-0.3, -0.25) is 4.90 Å². The van der Waals surface area contributed by atoms with Crippen molar-refractivity contribution >= 4 is 22.5 Å². The Morgan fingerprint density at radius 3 is 2.90 bits per heavy atom. The van der Waals surface area contributed by atoms with Crippen molar-refractivity contribution in [2.45, 2.75) is 32.9 Å². The summed E-state index contributed by atoms with van der Waals surface area (Å²) in [6.45, 7) is 7.01. The monoisotopic (exact) mass is 303 g/mol. The Morgan fingerprint density at radius 1 is 1.38 bits per heavy atom. The zero-order chi connectivity index (χ0) is 15.0. The summed E-state index contributed by atoms with van der Waals surface area (Å²) in [6, 6.07) is 9.04. The fourth-order valence-corrected chi connectivity index (χ4v) is 3.44. The molecule has 3 rings (SSSR count). The van der Waals surface area contributed by atoms with Crippen molar-refractivity contribution in [2.75, 3.05) is 13.1 Å². The van der Waals surface area contributed by atoms with Crippen LogP contribution in [0.3, 0.4) is 0 Å². The fourth-order valence-electron chi connectivity index (χ4n) is 3.24. The van der Waals surface area contributed by atoms with E-state index in [1.165, 1.54) is 12.0 Å². The van der Waals surface area contributed by atoms with E-state index in [9.17, 15) is 0 Å². The number of benzene rings is 1. The van der Waals surface area contributed by atoms with Crippen LogP contribution >= 0.6 is 11.6 Å². The molecule has 21 heavy (non-hydrogen) atoms. The number of pyridine rings is 1. The van der Waals surface area contributed by atoms with E-state index in [1.54, 1.807) is 0 Å². The Hall–Kier alpha value is -1.16. The maximum absolute atomic E-state index is 6.39. The summed E-state index contributed by atoms with van der Waals surface area (Å²) in [4.78, 5) is 7.02. The van der Waals surface area contributed by atoms with E-state index in [0.29, 0.717) is 17.1 Å². The maximum atomic E-state index is 6.39. The van der Waals surface area contributed by atoms with Crippen molar-refractivity contribution in [1.29, 1.82) is 0 Å². The number of hydrogen-bond donors (Lipinski definition) is 1. The molecule has 2 N–H and O–H groups in total. The van der Waals surface area contributed by atoms with Crippen LogP contribution in [0, 0.1) is 12.8 Å². The third kappa shape index (κ3) is 3.05. The summed E-state index contributed by atoms with van der Waals surface area (Å²) in [5.41, 5.74) is 9.09. The Morgan fingerprint density at radius 2 is 2.19 bits per heavy atom. The zero-order valence-corrected chi connectivity index (χ0v) is 13.4. The first-order valence-electron chi connectivity index (χ1n) is 7.56. The number of rotatable bonds is 3. The Labute approximate surface area is 131 Å². The average molecular weight is 304 g/mol. The van der Waals surface area contributed by atoms with Gasteiger partial charge in [-0.2, -0.15) is 0 Å². The molecule has 0 radical (unpaired) electrons. The number of nitrogens with two attached hydrogens (primary N) is 1. The molecule has 3 nitrogen and oxygen atoms in total. The normalized spacial score (nSPS) is 23.0. The molecule has 0 amide bonds. The van der Waals surface area contributed by atoms with Gasteiger partial charge in [0.2, 0.25) is 0 Å². The topological polar surface area (TPSA) is 42.1 Å². The number of fused-ring (bicyclic) bond motifs is 1. The average Bonchev–Trinajstić information content (AvgIpc) is 2.80. The summed E-state index contributed by atoms with van der Waals surface area (Å²) in [5, 5.41) is 1.78. The van der Waals surface area contributed by atoms with Gasteiger partial charge in [-0.05, 0) is 50.4 Å². The predicted octanol–water partition coefficient (Wildman–Crippen LogP) is 3.37. The summed E-state index contributed by atoms with van der Waals surface area (Å²) >= 11 is 6.39. The Kier molecular flexibility index (Phi) is 4.16. The second-order valence-corrected chi connectivity index (χ2v) is 6.61. The fraction of sp³-hybridized carbons (Fsp3) is 0.471. The number of aryl methyl sites for hydroxylation is 1. The molecule has 0 aliphatic carbocycles. The lowest BCUT2D eigenvalue weighted by atomic mass is 10.1. The van der Waals surface area contributed by atoms with Gasteiger partial charge in [0.1, 0.15) is 5.15 Å². The third-order valence-corrected chi connectivity index (χ3v) is 4.82. The molecule has 0 saturated carbocycles. The predicted molar refractivity (Wildman–Crippen MR) is 88.5 cm³/mol.